The number of nitrogens with one attached hydrogen (secondary N) is 1. The molecule has 1 aromatic rings. The molecule has 2 N–H and O–H groups in total. The van der Waals surface area contributed by atoms with E-state index in [1.165, 1.54) is 0 Å². The van der Waals surface area contributed by atoms with Crippen molar-refractivity contribution in [1.82, 2.24) is 10.2 Å². The number of carboxylic acid groups (broad SMARTS) is 1. The molecule has 1 rings (SSSR count). The second-order valence-electron chi connectivity index (χ2n) is 4.84. The fraction of sp³-hybridized carbons (Fsp3) is 0.571. The van der Waals surface area contributed by atoms with Crippen LogP contribution in [0, 0.1) is 0 Å². The van der Waals surface area contributed by atoms with E-state index in [1.807, 2.05) is 31.4 Å². The van der Waals surface area contributed by atoms with Crippen LogP contribution in [0.1, 0.15) is 44.0 Å². The topological polar surface area (TPSA) is 69.6 Å². The number of amides is 2. The van der Waals surface area contributed by atoms with E-state index in [9.17, 15) is 9.59 Å². The number of carboxylic acids is 1. The molecule has 0 saturated heterocycles. The zero-order valence-corrected chi connectivity index (χ0v) is 12.9. The standard InChI is InChI=1S/C14H22N2O3S/c1-4-6-11(9-13(17)18)15-14(19)16(3)10(2)12-7-5-8-20-12/h5,7-8,10-11H,4,6,9H2,1-3H3,(H,15,19)(H,17,18). The minimum atomic E-state index is -0.891. The molecule has 5 nitrogen and oxygen atoms in total. The molecular weight excluding hydrogens is 276 g/mol. The molecule has 0 aliphatic heterocycles. The van der Waals surface area contributed by atoms with Crippen LogP contribution in [0.5, 0.6) is 0 Å². The lowest BCUT2D eigenvalue weighted by Gasteiger charge is -2.27. The van der Waals surface area contributed by atoms with Gasteiger partial charge >= 0.3 is 12.0 Å². The second kappa shape index (κ2) is 7.89. The zero-order chi connectivity index (χ0) is 15.1. The summed E-state index contributed by atoms with van der Waals surface area (Å²) in [5.41, 5.74) is 0. The maximum Gasteiger partial charge on any atom is 0.317 e. The van der Waals surface area contributed by atoms with Crippen LogP contribution in [0.25, 0.3) is 0 Å². The third-order valence-corrected chi connectivity index (χ3v) is 4.28. The van der Waals surface area contributed by atoms with Crippen LogP contribution in [-0.4, -0.2) is 35.1 Å². The molecule has 0 saturated carbocycles. The number of aliphatic carboxylic acids is 1. The van der Waals surface area contributed by atoms with Gasteiger partial charge in [0.25, 0.3) is 0 Å². The third-order valence-electron chi connectivity index (χ3n) is 3.24. The van der Waals surface area contributed by atoms with E-state index in [0.717, 1.165) is 11.3 Å². The van der Waals surface area contributed by atoms with Gasteiger partial charge in [-0.1, -0.05) is 19.4 Å². The minimum Gasteiger partial charge on any atom is -0.481 e. The van der Waals surface area contributed by atoms with Crippen molar-refractivity contribution < 1.29 is 14.7 Å². The Bertz CT molecular complexity index is 434. The number of carbonyl (C=O) groups is 2. The first-order valence-electron chi connectivity index (χ1n) is 6.74. The number of urea groups is 1. The number of carbonyl (C=O) groups excluding carboxylic acids is 1. The first-order chi connectivity index (χ1) is 9.45. The summed E-state index contributed by atoms with van der Waals surface area (Å²) in [7, 11) is 1.73. The number of hydrogen-bond acceptors (Lipinski definition) is 3. The monoisotopic (exact) mass is 298 g/mol. The van der Waals surface area contributed by atoms with E-state index >= 15 is 0 Å². The van der Waals surface area contributed by atoms with Crippen LogP contribution in [0.15, 0.2) is 17.5 Å². The number of nitrogens with zero attached hydrogens (tertiary/aromatic N) is 1. The van der Waals surface area contributed by atoms with Crippen molar-refractivity contribution in [3.05, 3.63) is 22.4 Å². The first-order valence-corrected chi connectivity index (χ1v) is 7.62. The summed E-state index contributed by atoms with van der Waals surface area (Å²) in [6.45, 7) is 3.93. The predicted molar refractivity (Wildman–Crippen MR) is 80.0 cm³/mol. The highest BCUT2D eigenvalue weighted by Gasteiger charge is 2.21. The number of rotatable bonds is 7. The van der Waals surface area contributed by atoms with Crippen molar-refractivity contribution >= 4 is 23.3 Å². The molecule has 0 fully saturated rings. The molecule has 2 amide bonds. The Morgan fingerprint density at radius 1 is 1.50 bits per heavy atom. The summed E-state index contributed by atoms with van der Waals surface area (Å²) in [6.07, 6.45) is 1.46. The maximum atomic E-state index is 12.2. The second-order valence-corrected chi connectivity index (χ2v) is 5.81. The van der Waals surface area contributed by atoms with Gasteiger partial charge in [0, 0.05) is 18.0 Å². The van der Waals surface area contributed by atoms with Gasteiger partial charge in [-0.15, -0.1) is 11.3 Å². The molecule has 20 heavy (non-hydrogen) atoms. The lowest BCUT2D eigenvalue weighted by Crippen LogP contribution is -2.44. The van der Waals surface area contributed by atoms with Crippen molar-refractivity contribution in [2.75, 3.05) is 7.05 Å². The third kappa shape index (κ3) is 4.85. The fourth-order valence-electron chi connectivity index (χ4n) is 1.96. The Morgan fingerprint density at radius 2 is 2.20 bits per heavy atom. The molecule has 112 valence electrons. The predicted octanol–water partition coefficient (Wildman–Crippen LogP) is 3.09. The number of thiophene rings is 1. The molecule has 6 heteroatoms. The van der Waals surface area contributed by atoms with Crippen LogP contribution in [0.2, 0.25) is 0 Å². The largest absolute Gasteiger partial charge is 0.481 e. The zero-order valence-electron chi connectivity index (χ0n) is 12.1. The van der Waals surface area contributed by atoms with E-state index in [-0.39, 0.29) is 24.5 Å². The van der Waals surface area contributed by atoms with Gasteiger partial charge in [-0.3, -0.25) is 4.79 Å². The summed E-state index contributed by atoms with van der Waals surface area (Å²) in [5, 5.41) is 13.6. The molecule has 0 spiro atoms. The Hall–Kier alpha value is -1.56. The molecule has 0 aliphatic carbocycles. The fourth-order valence-corrected chi connectivity index (χ4v) is 2.78. The summed E-state index contributed by atoms with van der Waals surface area (Å²) in [6, 6.07) is 3.36. The SMILES string of the molecule is CCCC(CC(=O)O)NC(=O)N(C)C(C)c1cccs1. The molecule has 0 aromatic carbocycles. The van der Waals surface area contributed by atoms with Crippen LogP contribution in [0.4, 0.5) is 4.79 Å². The summed E-state index contributed by atoms with van der Waals surface area (Å²) >= 11 is 1.60. The highest BCUT2D eigenvalue weighted by atomic mass is 32.1. The van der Waals surface area contributed by atoms with Gasteiger partial charge < -0.3 is 15.3 Å². The van der Waals surface area contributed by atoms with Crippen LogP contribution >= 0.6 is 11.3 Å². The summed E-state index contributed by atoms with van der Waals surface area (Å²) < 4.78 is 0. The smallest absolute Gasteiger partial charge is 0.317 e. The van der Waals surface area contributed by atoms with Gasteiger partial charge in [0.1, 0.15) is 0 Å². The Labute approximate surface area is 123 Å². The Kier molecular flexibility index (Phi) is 6.51. The van der Waals surface area contributed by atoms with Crippen LogP contribution in [0.3, 0.4) is 0 Å². The van der Waals surface area contributed by atoms with Gasteiger partial charge in [-0.2, -0.15) is 0 Å². The van der Waals surface area contributed by atoms with Gasteiger partial charge in [-0.25, -0.2) is 4.79 Å². The molecule has 0 aliphatic rings. The molecule has 1 heterocycles. The first kappa shape index (κ1) is 16.5. The van der Waals surface area contributed by atoms with Gasteiger partial charge in [-0.05, 0) is 24.8 Å². The van der Waals surface area contributed by atoms with E-state index in [0.29, 0.717) is 6.42 Å². The molecular formula is C14H22N2O3S. The van der Waals surface area contributed by atoms with E-state index < -0.39 is 5.97 Å². The minimum absolute atomic E-state index is 0.0258. The molecule has 1 aromatic heterocycles. The van der Waals surface area contributed by atoms with Crippen molar-refractivity contribution in [3.8, 4) is 0 Å². The summed E-state index contributed by atoms with van der Waals surface area (Å²) in [4.78, 5) is 25.7. The molecule has 2 atom stereocenters. The highest BCUT2D eigenvalue weighted by Crippen LogP contribution is 2.23. The van der Waals surface area contributed by atoms with Gasteiger partial charge in [0.2, 0.25) is 0 Å². The highest BCUT2D eigenvalue weighted by molar-refractivity contribution is 7.10. The van der Waals surface area contributed by atoms with Crippen LogP contribution < -0.4 is 5.32 Å². The molecule has 0 bridgehead atoms. The van der Waals surface area contributed by atoms with Crippen molar-refractivity contribution in [2.45, 2.75) is 45.2 Å². The van der Waals surface area contributed by atoms with E-state index in [2.05, 4.69) is 5.32 Å². The summed E-state index contributed by atoms with van der Waals surface area (Å²) in [5.74, 6) is -0.891. The maximum absolute atomic E-state index is 12.2. The van der Waals surface area contributed by atoms with Gasteiger partial charge in [0.15, 0.2) is 0 Å². The molecule has 2 unspecified atom stereocenters. The quantitative estimate of drug-likeness (QED) is 0.812. The van der Waals surface area contributed by atoms with Crippen molar-refractivity contribution in [2.24, 2.45) is 0 Å². The Balaban J connectivity index is 2.60. The normalized spacial score (nSPS) is 13.6. The molecule has 0 radical (unpaired) electrons. The average Bonchev–Trinajstić information content (AvgIpc) is 2.90. The average molecular weight is 298 g/mol. The Morgan fingerprint density at radius 3 is 2.70 bits per heavy atom. The van der Waals surface area contributed by atoms with Crippen molar-refractivity contribution in [1.29, 1.82) is 0 Å². The van der Waals surface area contributed by atoms with Crippen molar-refractivity contribution in [3.63, 3.8) is 0 Å². The van der Waals surface area contributed by atoms with Crippen LogP contribution in [-0.2, 0) is 4.79 Å². The van der Waals surface area contributed by atoms with E-state index in [1.54, 1.807) is 23.3 Å². The lowest BCUT2D eigenvalue weighted by atomic mass is 10.1. The number of hydrogen-bond donors (Lipinski definition) is 2. The lowest BCUT2D eigenvalue weighted by molar-refractivity contribution is -0.137. The van der Waals surface area contributed by atoms with E-state index in [4.69, 9.17) is 5.11 Å². The van der Waals surface area contributed by atoms with Gasteiger partial charge in [0.05, 0.1) is 12.5 Å².